The van der Waals surface area contributed by atoms with E-state index in [4.69, 9.17) is 9.51 Å². The quantitative estimate of drug-likeness (QED) is 0.391. The molecule has 0 fully saturated rings. The fourth-order valence-electron chi connectivity index (χ4n) is 3.19. The van der Waals surface area contributed by atoms with Crippen molar-refractivity contribution < 1.29 is 9.32 Å². The number of amides is 1. The average Bonchev–Trinajstić information content (AvgIpc) is 3.22. The predicted molar refractivity (Wildman–Crippen MR) is 125 cm³/mol. The van der Waals surface area contributed by atoms with Crippen molar-refractivity contribution in [1.82, 2.24) is 10.1 Å². The SMILES string of the molecule is Cc1ccc(-c2cc(-c3ccccc3)nc(SCC(=O)Nc3cc(C)on3)c2C#N)cc1. The van der Waals surface area contributed by atoms with Gasteiger partial charge in [0.05, 0.1) is 17.0 Å². The highest BCUT2D eigenvalue weighted by molar-refractivity contribution is 8.00. The Bertz CT molecular complexity index is 1290. The maximum absolute atomic E-state index is 12.4. The lowest BCUT2D eigenvalue weighted by Gasteiger charge is -2.13. The summed E-state index contributed by atoms with van der Waals surface area (Å²) < 4.78 is 4.98. The molecule has 32 heavy (non-hydrogen) atoms. The molecule has 2 heterocycles. The minimum absolute atomic E-state index is 0.0825. The van der Waals surface area contributed by atoms with Crippen LogP contribution in [0.15, 0.2) is 76.3 Å². The minimum atomic E-state index is -0.254. The summed E-state index contributed by atoms with van der Waals surface area (Å²) in [6.45, 7) is 3.77. The zero-order valence-corrected chi connectivity index (χ0v) is 18.4. The summed E-state index contributed by atoms with van der Waals surface area (Å²) in [6, 6.07) is 23.7. The van der Waals surface area contributed by atoms with Gasteiger partial charge in [-0.05, 0) is 25.5 Å². The Balaban J connectivity index is 1.69. The van der Waals surface area contributed by atoms with E-state index in [2.05, 4.69) is 16.5 Å². The van der Waals surface area contributed by atoms with E-state index in [-0.39, 0.29) is 11.7 Å². The molecular formula is C25H20N4O2S. The second kappa shape index (κ2) is 9.50. The Morgan fingerprint density at radius 3 is 2.47 bits per heavy atom. The topological polar surface area (TPSA) is 91.8 Å². The molecule has 0 aliphatic rings. The fourth-order valence-corrected chi connectivity index (χ4v) is 3.99. The lowest BCUT2D eigenvalue weighted by Crippen LogP contribution is -2.14. The molecule has 2 aromatic heterocycles. The Labute approximate surface area is 190 Å². The van der Waals surface area contributed by atoms with E-state index in [1.54, 1.807) is 13.0 Å². The molecule has 1 amide bonds. The molecule has 158 valence electrons. The number of pyridine rings is 1. The third kappa shape index (κ3) is 4.88. The Kier molecular flexibility index (Phi) is 6.34. The van der Waals surface area contributed by atoms with E-state index in [1.165, 1.54) is 11.8 Å². The van der Waals surface area contributed by atoms with Crippen LogP contribution in [-0.2, 0) is 4.79 Å². The standard InChI is InChI=1S/C25H20N4O2S/c1-16-8-10-18(11-9-16)20-13-22(19-6-4-3-5-7-19)27-25(21(20)14-26)32-15-24(30)28-23-12-17(2)31-29-23/h3-13H,15H2,1-2H3,(H,28,29,30). The average molecular weight is 441 g/mol. The molecule has 0 atom stereocenters. The molecule has 0 aliphatic heterocycles. The lowest BCUT2D eigenvalue weighted by atomic mass is 9.98. The summed E-state index contributed by atoms with van der Waals surface area (Å²) in [5.74, 6) is 0.801. The molecule has 0 aliphatic carbocycles. The van der Waals surface area contributed by atoms with Crippen molar-refractivity contribution in [3.8, 4) is 28.5 Å². The number of nitrogens with zero attached hydrogens (tertiary/aromatic N) is 3. The maximum atomic E-state index is 12.4. The van der Waals surface area contributed by atoms with Gasteiger partial charge in [-0.15, -0.1) is 0 Å². The van der Waals surface area contributed by atoms with Crippen molar-refractivity contribution in [3.05, 3.63) is 83.6 Å². The summed E-state index contributed by atoms with van der Waals surface area (Å²) in [4.78, 5) is 17.1. The van der Waals surface area contributed by atoms with E-state index in [0.29, 0.717) is 22.2 Å². The monoisotopic (exact) mass is 440 g/mol. The smallest absolute Gasteiger partial charge is 0.236 e. The zero-order chi connectivity index (χ0) is 22.5. The van der Waals surface area contributed by atoms with Gasteiger partial charge in [-0.2, -0.15) is 5.26 Å². The molecule has 0 saturated heterocycles. The van der Waals surface area contributed by atoms with Crippen LogP contribution in [0.3, 0.4) is 0 Å². The summed E-state index contributed by atoms with van der Waals surface area (Å²) >= 11 is 1.22. The number of aromatic nitrogens is 2. The Morgan fingerprint density at radius 1 is 1.06 bits per heavy atom. The van der Waals surface area contributed by atoms with E-state index in [1.807, 2.05) is 67.6 Å². The van der Waals surface area contributed by atoms with E-state index in [9.17, 15) is 10.1 Å². The number of rotatable bonds is 6. The highest BCUT2D eigenvalue weighted by atomic mass is 32.2. The predicted octanol–water partition coefficient (Wildman–Crippen LogP) is 5.62. The van der Waals surface area contributed by atoms with Crippen LogP contribution >= 0.6 is 11.8 Å². The first kappa shape index (κ1) is 21.3. The summed E-state index contributed by atoms with van der Waals surface area (Å²) in [6.07, 6.45) is 0. The number of benzene rings is 2. The number of anilines is 1. The number of thioether (sulfide) groups is 1. The first-order valence-corrected chi connectivity index (χ1v) is 11.0. The minimum Gasteiger partial charge on any atom is -0.360 e. The third-order valence-electron chi connectivity index (χ3n) is 4.77. The van der Waals surface area contributed by atoms with Gasteiger partial charge >= 0.3 is 0 Å². The number of aryl methyl sites for hydroxylation is 2. The second-order valence-corrected chi connectivity index (χ2v) is 8.20. The van der Waals surface area contributed by atoms with Crippen molar-refractivity contribution in [3.63, 3.8) is 0 Å². The second-order valence-electron chi connectivity index (χ2n) is 7.24. The Morgan fingerprint density at radius 2 is 1.81 bits per heavy atom. The molecule has 0 saturated carbocycles. The first-order chi connectivity index (χ1) is 15.5. The van der Waals surface area contributed by atoms with Crippen LogP contribution in [-0.4, -0.2) is 21.8 Å². The van der Waals surface area contributed by atoms with Crippen molar-refractivity contribution >= 4 is 23.5 Å². The number of nitrogens with one attached hydrogen (secondary N) is 1. The van der Waals surface area contributed by atoms with E-state index in [0.717, 1.165) is 27.9 Å². The molecule has 1 N–H and O–H groups in total. The number of carbonyl (C=O) groups is 1. The number of hydrogen-bond acceptors (Lipinski definition) is 6. The van der Waals surface area contributed by atoms with Gasteiger partial charge in [0.2, 0.25) is 5.91 Å². The van der Waals surface area contributed by atoms with Gasteiger partial charge in [-0.3, -0.25) is 4.79 Å². The van der Waals surface area contributed by atoms with Crippen LogP contribution in [0.5, 0.6) is 0 Å². The van der Waals surface area contributed by atoms with Crippen LogP contribution in [0.2, 0.25) is 0 Å². The zero-order valence-electron chi connectivity index (χ0n) is 17.6. The van der Waals surface area contributed by atoms with Gasteiger partial charge < -0.3 is 9.84 Å². The van der Waals surface area contributed by atoms with Crippen LogP contribution in [0.1, 0.15) is 16.9 Å². The molecule has 7 heteroatoms. The summed E-state index contributed by atoms with van der Waals surface area (Å²) in [5, 5.41) is 16.9. The van der Waals surface area contributed by atoms with E-state index >= 15 is 0 Å². The fraction of sp³-hybridized carbons (Fsp3) is 0.120. The number of carbonyl (C=O) groups excluding carboxylic acids is 1. The van der Waals surface area contributed by atoms with Gasteiger partial charge in [0.1, 0.15) is 16.9 Å². The van der Waals surface area contributed by atoms with Gasteiger partial charge in [0.15, 0.2) is 5.82 Å². The molecular weight excluding hydrogens is 420 g/mol. The highest BCUT2D eigenvalue weighted by Gasteiger charge is 2.17. The highest BCUT2D eigenvalue weighted by Crippen LogP contribution is 2.34. The largest absolute Gasteiger partial charge is 0.360 e. The molecule has 0 radical (unpaired) electrons. The normalized spacial score (nSPS) is 10.5. The molecule has 0 spiro atoms. The summed E-state index contributed by atoms with van der Waals surface area (Å²) in [5.41, 5.74) is 4.99. The van der Waals surface area contributed by atoms with Crippen LogP contribution in [0.4, 0.5) is 5.82 Å². The van der Waals surface area contributed by atoms with Crippen molar-refractivity contribution in [2.45, 2.75) is 18.9 Å². The molecule has 2 aromatic carbocycles. The van der Waals surface area contributed by atoms with Gasteiger partial charge in [-0.25, -0.2) is 4.98 Å². The molecule has 6 nitrogen and oxygen atoms in total. The van der Waals surface area contributed by atoms with Gasteiger partial charge in [0, 0.05) is 17.2 Å². The molecule has 4 rings (SSSR count). The first-order valence-electron chi connectivity index (χ1n) is 9.97. The van der Waals surface area contributed by atoms with Crippen molar-refractivity contribution in [2.75, 3.05) is 11.1 Å². The van der Waals surface area contributed by atoms with Crippen LogP contribution < -0.4 is 5.32 Å². The molecule has 4 aromatic rings. The van der Waals surface area contributed by atoms with Crippen molar-refractivity contribution in [2.24, 2.45) is 0 Å². The maximum Gasteiger partial charge on any atom is 0.236 e. The lowest BCUT2D eigenvalue weighted by molar-refractivity contribution is -0.113. The Hall–Kier alpha value is -3.89. The summed E-state index contributed by atoms with van der Waals surface area (Å²) in [7, 11) is 0. The van der Waals surface area contributed by atoms with Gasteiger partial charge in [-0.1, -0.05) is 77.1 Å². The number of hydrogen-bond donors (Lipinski definition) is 1. The van der Waals surface area contributed by atoms with E-state index < -0.39 is 0 Å². The number of nitriles is 1. The van der Waals surface area contributed by atoms with Crippen molar-refractivity contribution in [1.29, 1.82) is 5.26 Å². The third-order valence-corrected chi connectivity index (χ3v) is 5.74. The van der Waals surface area contributed by atoms with Crippen LogP contribution in [0.25, 0.3) is 22.4 Å². The molecule has 0 unspecified atom stereocenters. The van der Waals surface area contributed by atoms with Gasteiger partial charge in [0.25, 0.3) is 0 Å². The molecule has 0 bridgehead atoms. The van der Waals surface area contributed by atoms with Crippen LogP contribution in [0, 0.1) is 25.2 Å².